The Morgan fingerprint density at radius 3 is 2.43 bits per heavy atom. The number of nitrogens with zero attached hydrogens (tertiary/aromatic N) is 1. The summed E-state index contributed by atoms with van der Waals surface area (Å²) in [6.07, 6.45) is 1.33. The number of phenols is 1. The Morgan fingerprint density at radius 2 is 1.81 bits per heavy atom. The third-order valence-corrected chi connectivity index (χ3v) is 3.46. The smallest absolute Gasteiger partial charge is 0.275 e. The van der Waals surface area contributed by atoms with Gasteiger partial charge in [-0.3, -0.25) is 4.79 Å². The predicted molar refractivity (Wildman–Crippen MR) is 84.6 cm³/mol. The first-order chi connectivity index (χ1) is 9.99. The average Bonchev–Trinajstić information content (AvgIpc) is 2.42. The van der Waals surface area contributed by atoms with Crippen molar-refractivity contribution in [3.63, 3.8) is 0 Å². The van der Waals surface area contributed by atoms with E-state index >= 15 is 0 Å². The van der Waals surface area contributed by atoms with Gasteiger partial charge in [-0.2, -0.15) is 5.10 Å². The van der Waals surface area contributed by atoms with Crippen LogP contribution in [-0.4, -0.2) is 17.2 Å². The summed E-state index contributed by atoms with van der Waals surface area (Å²) in [6.45, 7) is 0. The van der Waals surface area contributed by atoms with Gasteiger partial charge in [0.05, 0.1) is 21.8 Å². The maximum absolute atomic E-state index is 11.8. The quantitative estimate of drug-likeness (QED) is 0.650. The molecule has 2 aromatic rings. The van der Waals surface area contributed by atoms with Crippen LogP contribution in [0.1, 0.15) is 15.9 Å². The fourth-order valence-corrected chi connectivity index (χ4v) is 2.21. The second-order valence-electron chi connectivity index (χ2n) is 4.00. The van der Waals surface area contributed by atoms with Crippen LogP contribution in [0.5, 0.6) is 5.75 Å². The van der Waals surface area contributed by atoms with E-state index in [1.807, 2.05) is 0 Å². The Labute approximate surface area is 135 Å². The lowest BCUT2D eigenvalue weighted by molar-refractivity contribution is 0.0952. The molecule has 0 atom stereocenters. The van der Waals surface area contributed by atoms with Gasteiger partial charge >= 0.3 is 0 Å². The summed E-state index contributed by atoms with van der Waals surface area (Å²) in [5.41, 5.74) is 2.82. The molecule has 7 heteroatoms. The first-order valence-electron chi connectivity index (χ1n) is 5.75. The number of halogens is 3. The third-order valence-electron chi connectivity index (χ3n) is 2.56. The minimum absolute atomic E-state index is 0.0572. The van der Waals surface area contributed by atoms with Crippen molar-refractivity contribution >= 4 is 46.9 Å². The lowest BCUT2D eigenvalue weighted by Crippen LogP contribution is -2.17. The van der Waals surface area contributed by atoms with Gasteiger partial charge in [0, 0.05) is 10.6 Å². The van der Waals surface area contributed by atoms with Crippen LogP contribution >= 0.6 is 34.8 Å². The highest BCUT2D eigenvalue weighted by molar-refractivity contribution is 6.38. The lowest BCUT2D eigenvalue weighted by atomic mass is 10.2. The minimum atomic E-state index is -0.580. The number of rotatable bonds is 3. The third kappa shape index (κ3) is 3.88. The predicted octanol–water partition coefficient (Wildman–Crippen LogP) is 4.12. The molecule has 0 bridgehead atoms. The van der Waals surface area contributed by atoms with Gasteiger partial charge in [-0.15, -0.1) is 0 Å². The molecule has 0 fully saturated rings. The minimum Gasteiger partial charge on any atom is -0.507 e. The molecular weight excluding hydrogens is 335 g/mol. The fourth-order valence-electron chi connectivity index (χ4n) is 1.55. The Morgan fingerprint density at radius 1 is 1.14 bits per heavy atom. The van der Waals surface area contributed by atoms with Gasteiger partial charge in [0.2, 0.25) is 0 Å². The monoisotopic (exact) mass is 342 g/mol. The van der Waals surface area contributed by atoms with Crippen molar-refractivity contribution in [3.05, 3.63) is 62.6 Å². The number of carbonyl (C=O) groups excluding carboxylic acids is 1. The zero-order valence-corrected chi connectivity index (χ0v) is 12.7. The SMILES string of the molecule is O=C(N/N=C/c1c(Cl)cccc1Cl)c1ccc(Cl)cc1O. The number of carbonyl (C=O) groups is 1. The standard InChI is InChI=1S/C14H9Cl3N2O2/c15-8-4-5-9(13(20)6-8)14(21)19-18-7-10-11(16)2-1-3-12(10)17/h1-7,20H,(H,19,21)/b18-7+. The van der Waals surface area contributed by atoms with Crippen LogP contribution in [0.25, 0.3) is 0 Å². The molecule has 2 aromatic carbocycles. The topological polar surface area (TPSA) is 61.7 Å². The molecule has 0 aliphatic heterocycles. The van der Waals surface area contributed by atoms with Crippen LogP contribution in [0, 0.1) is 0 Å². The second-order valence-corrected chi connectivity index (χ2v) is 5.25. The number of hydrogen-bond donors (Lipinski definition) is 2. The Balaban J connectivity index is 2.12. The molecule has 108 valence electrons. The van der Waals surface area contributed by atoms with Crippen molar-refractivity contribution in [2.24, 2.45) is 5.10 Å². The average molecular weight is 344 g/mol. The van der Waals surface area contributed by atoms with Crippen molar-refractivity contribution in [3.8, 4) is 5.75 Å². The molecule has 0 saturated carbocycles. The number of hydrogen-bond acceptors (Lipinski definition) is 3. The Hall–Kier alpha value is -1.75. The molecule has 0 heterocycles. The molecule has 0 spiro atoms. The summed E-state index contributed by atoms with van der Waals surface area (Å²) >= 11 is 17.6. The molecule has 0 unspecified atom stereocenters. The van der Waals surface area contributed by atoms with E-state index in [4.69, 9.17) is 34.8 Å². The van der Waals surface area contributed by atoms with Crippen LogP contribution in [0.3, 0.4) is 0 Å². The fraction of sp³-hybridized carbons (Fsp3) is 0. The van der Waals surface area contributed by atoms with E-state index in [1.165, 1.54) is 24.4 Å². The normalized spacial score (nSPS) is 10.8. The summed E-state index contributed by atoms with van der Waals surface area (Å²) in [4.78, 5) is 11.8. The van der Waals surface area contributed by atoms with Crippen molar-refractivity contribution in [1.29, 1.82) is 0 Å². The van der Waals surface area contributed by atoms with Crippen LogP contribution in [0.4, 0.5) is 0 Å². The summed E-state index contributed by atoms with van der Waals surface area (Å²) in [6, 6.07) is 9.16. The summed E-state index contributed by atoms with van der Waals surface area (Å²) in [5.74, 6) is -0.811. The van der Waals surface area contributed by atoms with Crippen molar-refractivity contribution in [1.82, 2.24) is 5.43 Å². The molecule has 2 rings (SSSR count). The highest BCUT2D eigenvalue weighted by atomic mass is 35.5. The van der Waals surface area contributed by atoms with Gasteiger partial charge in [-0.1, -0.05) is 40.9 Å². The molecule has 0 saturated heterocycles. The van der Waals surface area contributed by atoms with Crippen LogP contribution in [-0.2, 0) is 0 Å². The van der Waals surface area contributed by atoms with Crippen LogP contribution in [0.2, 0.25) is 15.1 Å². The Kier molecular flexibility index (Phi) is 5.07. The number of aromatic hydroxyl groups is 1. The van der Waals surface area contributed by atoms with Gasteiger partial charge < -0.3 is 5.11 Å². The highest BCUT2D eigenvalue weighted by Crippen LogP contribution is 2.23. The van der Waals surface area contributed by atoms with Gasteiger partial charge in [0.15, 0.2) is 0 Å². The van der Waals surface area contributed by atoms with E-state index in [2.05, 4.69) is 10.5 Å². The van der Waals surface area contributed by atoms with Crippen LogP contribution in [0.15, 0.2) is 41.5 Å². The zero-order valence-electron chi connectivity index (χ0n) is 10.5. The van der Waals surface area contributed by atoms with E-state index < -0.39 is 5.91 Å². The molecule has 4 nitrogen and oxygen atoms in total. The highest BCUT2D eigenvalue weighted by Gasteiger charge is 2.10. The summed E-state index contributed by atoms with van der Waals surface area (Å²) in [7, 11) is 0. The van der Waals surface area contributed by atoms with E-state index in [-0.39, 0.29) is 11.3 Å². The van der Waals surface area contributed by atoms with Crippen LogP contribution < -0.4 is 5.43 Å². The van der Waals surface area contributed by atoms with E-state index in [9.17, 15) is 9.90 Å². The van der Waals surface area contributed by atoms with Gasteiger partial charge in [0.25, 0.3) is 5.91 Å². The van der Waals surface area contributed by atoms with Crippen molar-refractivity contribution < 1.29 is 9.90 Å². The zero-order chi connectivity index (χ0) is 15.4. The van der Waals surface area contributed by atoms with E-state index in [0.29, 0.717) is 20.6 Å². The van der Waals surface area contributed by atoms with Gasteiger partial charge in [-0.05, 0) is 30.3 Å². The molecular formula is C14H9Cl3N2O2. The molecule has 0 aliphatic carbocycles. The summed E-state index contributed by atoms with van der Waals surface area (Å²) in [5, 5.41) is 14.5. The van der Waals surface area contributed by atoms with E-state index in [0.717, 1.165) is 0 Å². The maximum atomic E-state index is 11.8. The van der Waals surface area contributed by atoms with Gasteiger partial charge in [-0.25, -0.2) is 5.43 Å². The maximum Gasteiger partial charge on any atom is 0.275 e. The first-order valence-corrected chi connectivity index (χ1v) is 6.88. The second kappa shape index (κ2) is 6.80. The number of amides is 1. The summed E-state index contributed by atoms with van der Waals surface area (Å²) < 4.78 is 0. The molecule has 21 heavy (non-hydrogen) atoms. The van der Waals surface area contributed by atoms with Crippen molar-refractivity contribution in [2.45, 2.75) is 0 Å². The molecule has 0 radical (unpaired) electrons. The number of phenolic OH excluding ortho intramolecular Hbond substituents is 1. The Bertz CT molecular complexity index is 697. The lowest BCUT2D eigenvalue weighted by Gasteiger charge is -2.04. The largest absolute Gasteiger partial charge is 0.507 e. The first kappa shape index (κ1) is 15.6. The molecule has 1 amide bonds. The number of benzene rings is 2. The van der Waals surface area contributed by atoms with Crippen molar-refractivity contribution in [2.75, 3.05) is 0 Å². The molecule has 2 N–H and O–H groups in total. The van der Waals surface area contributed by atoms with E-state index in [1.54, 1.807) is 18.2 Å². The molecule has 0 aromatic heterocycles. The van der Waals surface area contributed by atoms with Gasteiger partial charge in [0.1, 0.15) is 5.75 Å². The molecule has 0 aliphatic rings. The number of nitrogens with one attached hydrogen (secondary N) is 1. The number of hydrazone groups is 1.